The molecule has 1 unspecified atom stereocenters. The predicted molar refractivity (Wildman–Crippen MR) is 85.9 cm³/mol. The fraction of sp³-hybridized carbons (Fsp3) is 0.200. The quantitative estimate of drug-likeness (QED) is 0.797. The first-order chi connectivity index (χ1) is 9.45. The van der Waals surface area contributed by atoms with Crippen LogP contribution in [0, 0.1) is 5.82 Å². The van der Waals surface area contributed by atoms with Gasteiger partial charge in [-0.1, -0.05) is 35.3 Å². The van der Waals surface area contributed by atoms with Crippen molar-refractivity contribution in [2.24, 2.45) is 5.73 Å². The Morgan fingerprint density at radius 1 is 1.10 bits per heavy atom. The number of nitrogens with two attached hydrogens (primary N) is 1. The molecule has 106 valence electrons. The lowest BCUT2D eigenvalue weighted by Crippen LogP contribution is -2.25. The second-order valence-electron chi connectivity index (χ2n) is 4.65. The molecule has 5 heteroatoms. The van der Waals surface area contributed by atoms with Gasteiger partial charge in [0.25, 0.3) is 0 Å². The SMILES string of the molecule is NC(Cc1ccc(F)c(Br)c1)Cc1ccc(Cl)cc1Cl. The van der Waals surface area contributed by atoms with E-state index in [9.17, 15) is 4.39 Å². The van der Waals surface area contributed by atoms with E-state index in [1.807, 2.05) is 6.07 Å². The zero-order valence-electron chi connectivity index (χ0n) is 10.5. The third kappa shape index (κ3) is 4.19. The number of rotatable bonds is 4. The van der Waals surface area contributed by atoms with Gasteiger partial charge in [0.05, 0.1) is 4.47 Å². The summed E-state index contributed by atoms with van der Waals surface area (Å²) in [6.45, 7) is 0. The lowest BCUT2D eigenvalue weighted by atomic mass is 10.00. The third-order valence-electron chi connectivity index (χ3n) is 2.98. The Bertz CT molecular complexity index is 619. The van der Waals surface area contributed by atoms with Crippen LogP contribution in [-0.2, 0) is 12.8 Å². The van der Waals surface area contributed by atoms with Gasteiger partial charge in [-0.2, -0.15) is 0 Å². The molecule has 2 aromatic carbocycles. The average molecular weight is 377 g/mol. The molecule has 1 atom stereocenters. The van der Waals surface area contributed by atoms with E-state index in [0.717, 1.165) is 11.1 Å². The van der Waals surface area contributed by atoms with E-state index in [0.29, 0.717) is 27.4 Å². The highest BCUT2D eigenvalue weighted by Gasteiger charge is 2.10. The van der Waals surface area contributed by atoms with Crippen LogP contribution in [0.5, 0.6) is 0 Å². The molecular formula is C15H13BrCl2FN. The third-order valence-corrected chi connectivity index (χ3v) is 4.17. The van der Waals surface area contributed by atoms with Gasteiger partial charge in [-0.15, -0.1) is 0 Å². The molecule has 0 aliphatic carbocycles. The van der Waals surface area contributed by atoms with Crippen molar-refractivity contribution in [3.05, 3.63) is 67.9 Å². The molecule has 1 nitrogen and oxygen atoms in total. The molecule has 2 aromatic rings. The van der Waals surface area contributed by atoms with Crippen molar-refractivity contribution in [3.63, 3.8) is 0 Å². The van der Waals surface area contributed by atoms with Crippen LogP contribution in [0.3, 0.4) is 0 Å². The fourth-order valence-corrected chi connectivity index (χ4v) is 2.92. The highest BCUT2D eigenvalue weighted by molar-refractivity contribution is 9.10. The largest absolute Gasteiger partial charge is 0.327 e. The van der Waals surface area contributed by atoms with Crippen molar-refractivity contribution in [1.29, 1.82) is 0 Å². The second-order valence-corrected chi connectivity index (χ2v) is 6.35. The van der Waals surface area contributed by atoms with Crippen LogP contribution < -0.4 is 5.73 Å². The first-order valence-corrected chi connectivity index (χ1v) is 7.64. The summed E-state index contributed by atoms with van der Waals surface area (Å²) in [5, 5.41) is 1.23. The highest BCUT2D eigenvalue weighted by Crippen LogP contribution is 2.23. The van der Waals surface area contributed by atoms with Crippen LogP contribution in [-0.4, -0.2) is 6.04 Å². The molecule has 0 saturated heterocycles. The zero-order valence-corrected chi connectivity index (χ0v) is 13.6. The van der Waals surface area contributed by atoms with Gasteiger partial charge in [-0.05, 0) is 64.2 Å². The summed E-state index contributed by atoms with van der Waals surface area (Å²) in [4.78, 5) is 0. The van der Waals surface area contributed by atoms with Crippen molar-refractivity contribution in [1.82, 2.24) is 0 Å². The number of benzene rings is 2. The summed E-state index contributed by atoms with van der Waals surface area (Å²) in [5.41, 5.74) is 8.08. The van der Waals surface area contributed by atoms with E-state index in [1.165, 1.54) is 6.07 Å². The minimum Gasteiger partial charge on any atom is -0.327 e. The first-order valence-electron chi connectivity index (χ1n) is 6.09. The maximum atomic E-state index is 13.2. The molecular weight excluding hydrogens is 364 g/mol. The van der Waals surface area contributed by atoms with Crippen molar-refractivity contribution < 1.29 is 4.39 Å². The minimum absolute atomic E-state index is 0.0916. The van der Waals surface area contributed by atoms with E-state index < -0.39 is 0 Å². The van der Waals surface area contributed by atoms with Crippen molar-refractivity contribution in [3.8, 4) is 0 Å². The number of halogens is 4. The van der Waals surface area contributed by atoms with E-state index in [1.54, 1.807) is 24.3 Å². The molecule has 0 aromatic heterocycles. The summed E-state index contributed by atoms with van der Waals surface area (Å²) in [7, 11) is 0. The normalized spacial score (nSPS) is 12.4. The molecule has 0 saturated carbocycles. The predicted octanol–water partition coefficient (Wildman–Crippen LogP) is 5.01. The van der Waals surface area contributed by atoms with Gasteiger partial charge in [0.1, 0.15) is 5.82 Å². The average Bonchev–Trinajstić information content (AvgIpc) is 2.37. The molecule has 0 aliphatic heterocycles. The summed E-state index contributed by atoms with van der Waals surface area (Å²) in [6, 6.07) is 10.2. The standard InChI is InChI=1S/C15H13BrCl2FN/c16-13-6-9(1-4-15(13)19)5-12(20)7-10-2-3-11(17)8-14(10)18/h1-4,6,8,12H,5,7,20H2. The highest BCUT2D eigenvalue weighted by atomic mass is 79.9. The van der Waals surface area contributed by atoms with Gasteiger partial charge in [-0.25, -0.2) is 4.39 Å². The van der Waals surface area contributed by atoms with E-state index >= 15 is 0 Å². The summed E-state index contributed by atoms with van der Waals surface area (Å²) >= 11 is 15.2. The first kappa shape index (κ1) is 15.8. The lowest BCUT2D eigenvalue weighted by molar-refractivity contribution is 0.617. The summed E-state index contributed by atoms with van der Waals surface area (Å²) in [6.07, 6.45) is 1.29. The van der Waals surface area contributed by atoms with Gasteiger partial charge in [0, 0.05) is 16.1 Å². The topological polar surface area (TPSA) is 26.0 Å². The van der Waals surface area contributed by atoms with Gasteiger partial charge in [-0.3, -0.25) is 0 Å². The molecule has 0 radical (unpaired) electrons. The Morgan fingerprint density at radius 2 is 1.85 bits per heavy atom. The van der Waals surface area contributed by atoms with Crippen LogP contribution >= 0.6 is 39.1 Å². The van der Waals surface area contributed by atoms with E-state index in [2.05, 4.69) is 15.9 Å². The second kappa shape index (κ2) is 6.90. The van der Waals surface area contributed by atoms with Crippen molar-refractivity contribution in [2.75, 3.05) is 0 Å². The Morgan fingerprint density at radius 3 is 2.50 bits per heavy atom. The van der Waals surface area contributed by atoms with Crippen LogP contribution in [0.15, 0.2) is 40.9 Å². The Kier molecular flexibility index (Phi) is 5.44. The minimum atomic E-state index is -0.275. The van der Waals surface area contributed by atoms with Crippen LogP contribution in [0.1, 0.15) is 11.1 Å². The zero-order chi connectivity index (χ0) is 14.7. The molecule has 0 aliphatic rings. The van der Waals surface area contributed by atoms with Crippen molar-refractivity contribution in [2.45, 2.75) is 18.9 Å². The maximum Gasteiger partial charge on any atom is 0.137 e. The Hall–Kier alpha value is -0.610. The maximum absolute atomic E-state index is 13.2. The smallest absolute Gasteiger partial charge is 0.137 e. The van der Waals surface area contributed by atoms with Crippen molar-refractivity contribution >= 4 is 39.1 Å². The molecule has 0 bridgehead atoms. The van der Waals surface area contributed by atoms with Crippen LogP contribution in [0.25, 0.3) is 0 Å². The molecule has 2 rings (SSSR count). The molecule has 0 amide bonds. The van der Waals surface area contributed by atoms with Crippen LogP contribution in [0.4, 0.5) is 4.39 Å². The number of hydrogen-bond acceptors (Lipinski definition) is 1. The van der Waals surface area contributed by atoms with E-state index in [-0.39, 0.29) is 11.9 Å². The molecule has 0 fully saturated rings. The van der Waals surface area contributed by atoms with Gasteiger partial charge < -0.3 is 5.73 Å². The Labute approximate surface area is 136 Å². The Balaban J connectivity index is 2.04. The monoisotopic (exact) mass is 375 g/mol. The van der Waals surface area contributed by atoms with Gasteiger partial charge >= 0.3 is 0 Å². The van der Waals surface area contributed by atoms with Crippen LogP contribution in [0.2, 0.25) is 10.0 Å². The van der Waals surface area contributed by atoms with Gasteiger partial charge in [0.15, 0.2) is 0 Å². The molecule has 2 N–H and O–H groups in total. The van der Waals surface area contributed by atoms with Gasteiger partial charge in [0.2, 0.25) is 0 Å². The molecule has 0 spiro atoms. The number of hydrogen-bond donors (Lipinski definition) is 1. The summed E-state index contributed by atoms with van der Waals surface area (Å²) < 4.78 is 13.6. The fourth-order valence-electron chi connectivity index (χ4n) is 2.01. The van der Waals surface area contributed by atoms with E-state index in [4.69, 9.17) is 28.9 Å². The lowest BCUT2D eigenvalue weighted by Gasteiger charge is -2.13. The molecule has 0 heterocycles. The molecule has 20 heavy (non-hydrogen) atoms. The summed E-state index contributed by atoms with van der Waals surface area (Å²) in [5.74, 6) is -0.275.